The van der Waals surface area contributed by atoms with E-state index < -0.39 is 358 Å². The molecule has 45 atom stereocenters. The molecule has 9 rings (SSSR count). The molecule has 0 saturated carbocycles. The summed E-state index contributed by atoms with van der Waals surface area (Å²) < 4.78 is 102. The Balaban J connectivity index is 1.06. The minimum absolute atomic E-state index is 0.806. The number of aliphatic hydroxyl groups is 23. The van der Waals surface area contributed by atoms with Crippen LogP contribution in [0.3, 0.4) is 0 Å². The molecule has 5 amide bonds. The fourth-order valence-corrected chi connectivity index (χ4v) is 14.7. The Kier molecular flexibility index (Phi) is 33.6. The molecule has 0 aromatic carbocycles. The van der Waals surface area contributed by atoms with Gasteiger partial charge in [-0.25, -0.2) is 0 Å². The number of aliphatic hydroxyl groups excluding tert-OH is 23. The maximum absolute atomic E-state index is 13.2. The predicted octanol–water partition coefficient (Wildman–Crippen LogP) is -18.9. The minimum atomic E-state index is -2.58. The predicted molar refractivity (Wildman–Crippen MR) is 354 cm³/mol. The maximum atomic E-state index is 13.2. The van der Waals surface area contributed by atoms with E-state index in [1.165, 1.54) is 6.92 Å². The topological polar surface area (TPSA) is 768 Å². The van der Waals surface area contributed by atoms with Gasteiger partial charge in [-0.3, -0.25) is 24.0 Å². The summed E-state index contributed by atoms with van der Waals surface area (Å²) in [7, 11) is 0. The fraction of sp³-hybridized carbons (Fsp3) is 0.922. The zero-order chi connectivity index (χ0) is 84.1. The first-order chi connectivity index (χ1) is 53.8. The standard InChI is InChI=1S/C64H107N5O45/c1-15-34(81)45(92)48(95)61(100-15)98-14-28-52(42(89)29(56(97)101-28)65-16(2)76)110-59-32(68-19(5)79)44(91)51(26(12-75)106-59)111-62-49(96)53(39(86)27(108-62)13-99-63-54(46(93)37(84)23(9-72)104-63)113-58-31(67-18(4)78)41(88)36(83)22(8-71)103-58)112-64-55(47(94)38(85)24(10-73)105-64)114-60-33(69-20(6)80)43(90)50(25(11-74)107-60)109-57-30(66-17(3)77)40(87)35(82)21(7-70)102-57/h15,21-64,70-75,81-97H,7-14H2,1-6H3,(H,65,76)(H,66,77)(H,67,78)(H,68,79)(H,69,80)/t15-,21+,22+,23+,24+,25+,26+,27+,28+,29+,30+,31+,32+,33+,34+,35+,36+,37+,38+,39+,40+,41+,42+,43+,44+,45+,46-,47-,48-,49-,50+,51+,52+,53-,54-,55-,56+,57-,58-,59-,60-,61+,62-,63-,64+/m0/s1. The average Bonchev–Trinajstić information content (AvgIpc) is 0.776. The van der Waals surface area contributed by atoms with E-state index in [1.807, 2.05) is 0 Å². The lowest BCUT2D eigenvalue weighted by molar-refractivity contribution is -0.398. The van der Waals surface area contributed by atoms with Crippen molar-refractivity contribution in [2.45, 2.75) is 318 Å². The molecule has 0 aromatic heterocycles. The first kappa shape index (κ1) is 93.6. The van der Waals surface area contributed by atoms with E-state index >= 15 is 0 Å². The quantitative estimate of drug-likeness (QED) is 0.0331. The van der Waals surface area contributed by atoms with Gasteiger partial charge >= 0.3 is 0 Å². The number of amides is 5. The highest BCUT2D eigenvalue weighted by Crippen LogP contribution is 2.40. The van der Waals surface area contributed by atoms with Gasteiger partial charge in [-0.15, -0.1) is 0 Å². The molecule has 9 fully saturated rings. The summed E-state index contributed by atoms with van der Waals surface area (Å²) in [5, 5.41) is 269. The molecule has 50 nitrogen and oxygen atoms in total. The van der Waals surface area contributed by atoms with Crippen LogP contribution in [-0.2, 0) is 104 Å². The lowest BCUT2D eigenvalue weighted by Gasteiger charge is -2.51. The Morgan fingerprint density at radius 3 is 0.956 bits per heavy atom. The normalized spacial score (nSPS) is 48.2. The van der Waals surface area contributed by atoms with Crippen molar-refractivity contribution < 1.29 is 222 Å². The van der Waals surface area contributed by atoms with Crippen molar-refractivity contribution in [3.05, 3.63) is 0 Å². The molecule has 50 heteroatoms. The fourth-order valence-electron chi connectivity index (χ4n) is 14.7. The highest BCUT2D eigenvalue weighted by Gasteiger charge is 2.61. The van der Waals surface area contributed by atoms with Gasteiger partial charge in [0.15, 0.2) is 56.6 Å². The third-order valence-corrected chi connectivity index (χ3v) is 20.7. The van der Waals surface area contributed by atoms with Crippen LogP contribution in [0, 0.1) is 0 Å². The maximum Gasteiger partial charge on any atom is 0.217 e. The average molecular weight is 1670 g/mol. The van der Waals surface area contributed by atoms with E-state index in [-0.39, 0.29) is 0 Å². The molecule has 9 heterocycles. The molecule has 0 radical (unpaired) electrons. The molecule has 114 heavy (non-hydrogen) atoms. The monoisotopic (exact) mass is 1670 g/mol. The molecule has 9 aliphatic heterocycles. The first-order valence-corrected chi connectivity index (χ1v) is 36.5. The summed E-state index contributed by atoms with van der Waals surface area (Å²) in [5.74, 6) is -4.41. The van der Waals surface area contributed by atoms with Gasteiger partial charge in [0.1, 0.15) is 213 Å². The molecule has 0 unspecified atom stereocenters. The van der Waals surface area contributed by atoms with Crippen molar-refractivity contribution in [3.63, 3.8) is 0 Å². The number of carbonyl (C=O) groups is 5. The SMILES string of the molecule is CC(=O)N[C@@H]1[C@@H](O)[C@H](O[C@@H]2O[C@H](CO)[C@@H](O[C@@H]3O[C@H](CO[C@H]4O[C@H](CO)[C@@H](O)[C@H](O)[C@@H]4O[C@@H]4O[C@H](CO)[C@@H](O)[C@H](O)[C@H]4NC(C)=O)[C@@H](O)[C@H](O[C@H]4O[C@H](CO)[C@@H](O)[C@H](O)[C@@H]4O[C@@H]4O[C@H](CO)[C@@H](O[C@@H]5O[C@H](CO)[C@@H](O)[C@H](O)[C@H]5NC(C)=O)[C@H](O)[C@H]4NC(C)=O)[C@@H]3O)[C@H](O)[C@H]2NC(C)=O)[C@@H](CO[C@@H]2O[C@@H](C)[C@@H](O)[C@@H](O)[C@@H]2O)O[C@H]1O. The molecule has 28 N–H and O–H groups in total. The van der Waals surface area contributed by atoms with E-state index in [1.54, 1.807) is 0 Å². The number of hydrogen-bond acceptors (Lipinski definition) is 45. The van der Waals surface area contributed by atoms with Crippen molar-refractivity contribution in [3.8, 4) is 0 Å². The van der Waals surface area contributed by atoms with E-state index in [9.17, 15) is 141 Å². The van der Waals surface area contributed by atoms with Gasteiger partial charge in [0, 0.05) is 34.6 Å². The molecule has 0 aliphatic carbocycles. The Morgan fingerprint density at radius 2 is 0.544 bits per heavy atom. The van der Waals surface area contributed by atoms with Gasteiger partial charge in [0.25, 0.3) is 0 Å². The second-order valence-corrected chi connectivity index (χ2v) is 28.9. The molecular formula is C64H107N5O45. The Labute approximate surface area is 646 Å². The van der Waals surface area contributed by atoms with Crippen LogP contribution in [0.25, 0.3) is 0 Å². The summed E-state index contributed by atoms with van der Waals surface area (Å²) in [5.41, 5.74) is 0. The Morgan fingerprint density at radius 1 is 0.246 bits per heavy atom. The third-order valence-electron chi connectivity index (χ3n) is 20.7. The molecular weight excluding hydrogens is 1560 g/mol. The van der Waals surface area contributed by atoms with Crippen LogP contribution < -0.4 is 26.6 Å². The second-order valence-electron chi connectivity index (χ2n) is 28.9. The number of nitrogens with one attached hydrogen (secondary N) is 5. The summed E-state index contributed by atoms with van der Waals surface area (Å²) >= 11 is 0. The molecule has 9 aliphatic rings. The van der Waals surface area contributed by atoms with Gasteiger partial charge in [0.2, 0.25) is 29.5 Å². The zero-order valence-corrected chi connectivity index (χ0v) is 61.9. The summed E-state index contributed by atoms with van der Waals surface area (Å²) in [6.45, 7) is -2.37. The van der Waals surface area contributed by atoms with E-state index in [0.717, 1.165) is 34.6 Å². The number of carbonyl (C=O) groups excluding carboxylic acids is 5. The van der Waals surface area contributed by atoms with Gasteiger partial charge in [-0.05, 0) is 6.92 Å². The van der Waals surface area contributed by atoms with Crippen LogP contribution in [0.2, 0.25) is 0 Å². The minimum Gasteiger partial charge on any atom is -0.394 e. The number of hydrogen-bond donors (Lipinski definition) is 28. The highest BCUT2D eigenvalue weighted by atomic mass is 16.8. The van der Waals surface area contributed by atoms with Crippen molar-refractivity contribution in [1.29, 1.82) is 0 Å². The Hall–Kier alpha value is -4.25. The number of ether oxygens (including phenoxy) is 17. The number of rotatable bonds is 29. The van der Waals surface area contributed by atoms with Gasteiger partial charge < -0.3 is 225 Å². The van der Waals surface area contributed by atoms with Gasteiger partial charge in [-0.2, -0.15) is 0 Å². The van der Waals surface area contributed by atoms with Crippen LogP contribution in [0.15, 0.2) is 0 Å². The second kappa shape index (κ2) is 40.9. The van der Waals surface area contributed by atoms with Crippen LogP contribution in [-0.4, -0.2) is 476 Å². The van der Waals surface area contributed by atoms with E-state index in [4.69, 9.17) is 80.5 Å². The lowest BCUT2D eigenvalue weighted by Crippen LogP contribution is -2.71. The Bertz CT molecular complexity index is 3080. The summed E-state index contributed by atoms with van der Waals surface area (Å²) in [6, 6.07) is -9.09. The molecule has 9 saturated heterocycles. The summed E-state index contributed by atoms with van der Waals surface area (Å²) in [4.78, 5) is 63.5. The zero-order valence-electron chi connectivity index (χ0n) is 61.9. The molecule has 0 bridgehead atoms. The van der Waals surface area contributed by atoms with Crippen LogP contribution in [0.1, 0.15) is 41.5 Å². The van der Waals surface area contributed by atoms with Gasteiger partial charge in [-0.1, -0.05) is 0 Å². The van der Waals surface area contributed by atoms with Crippen LogP contribution >= 0.6 is 0 Å². The smallest absolute Gasteiger partial charge is 0.217 e. The largest absolute Gasteiger partial charge is 0.394 e. The molecule has 658 valence electrons. The van der Waals surface area contributed by atoms with Crippen LogP contribution in [0.4, 0.5) is 0 Å². The lowest BCUT2D eigenvalue weighted by atomic mass is 9.93. The van der Waals surface area contributed by atoms with Gasteiger partial charge in [0.05, 0.1) is 59.0 Å². The van der Waals surface area contributed by atoms with Crippen molar-refractivity contribution >= 4 is 29.5 Å². The van der Waals surface area contributed by atoms with E-state index in [2.05, 4.69) is 26.6 Å². The molecule has 0 spiro atoms. The van der Waals surface area contributed by atoms with Crippen molar-refractivity contribution in [2.75, 3.05) is 52.9 Å². The van der Waals surface area contributed by atoms with Crippen molar-refractivity contribution in [2.24, 2.45) is 0 Å². The van der Waals surface area contributed by atoms with Crippen molar-refractivity contribution in [1.82, 2.24) is 26.6 Å². The summed E-state index contributed by atoms with van der Waals surface area (Å²) in [6.07, 6.45) is -81.2. The van der Waals surface area contributed by atoms with Crippen LogP contribution in [0.5, 0.6) is 0 Å². The van der Waals surface area contributed by atoms with E-state index in [0.29, 0.717) is 0 Å². The first-order valence-electron chi connectivity index (χ1n) is 36.5. The molecule has 0 aromatic rings. The highest BCUT2D eigenvalue weighted by molar-refractivity contribution is 5.75. The third kappa shape index (κ3) is 21.0.